The molecule has 0 atom stereocenters. The van der Waals surface area contributed by atoms with E-state index >= 15 is 0 Å². The maximum absolute atomic E-state index is 8.70. The first-order chi connectivity index (χ1) is 4.72. The molecule has 0 rings (SSSR count). The van der Waals surface area contributed by atoms with E-state index in [0.717, 1.165) is 0 Å². The van der Waals surface area contributed by atoms with Gasteiger partial charge in [-0.05, 0) is 12.2 Å². The summed E-state index contributed by atoms with van der Waals surface area (Å²) in [5, 5.41) is 17.4. The van der Waals surface area contributed by atoms with Crippen LogP contribution in [0.3, 0.4) is 0 Å². The zero-order valence-electron chi connectivity index (χ0n) is 6.33. The summed E-state index contributed by atoms with van der Waals surface area (Å²) in [4.78, 5) is 0.630. The molecule has 3 nitrogen and oxygen atoms in total. The zero-order valence-corrected chi connectivity index (χ0v) is 7.09. The molecule has 0 aromatic carbocycles. The van der Waals surface area contributed by atoms with Gasteiger partial charge in [0.25, 0.3) is 0 Å². The van der Waals surface area contributed by atoms with Gasteiger partial charge in [-0.25, -0.2) is 0 Å². The molecule has 4 heteroatoms. The summed E-state index contributed by atoms with van der Waals surface area (Å²) < 4.78 is 0. The normalized spacial score (nSPS) is 9.45. The highest BCUT2D eigenvalue weighted by molar-refractivity contribution is 4.67. The van der Waals surface area contributed by atoms with Gasteiger partial charge in [-0.2, -0.15) is 0 Å². The average molecular weight is 180 g/mol. The first kappa shape index (κ1) is 13.3. The summed E-state index contributed by atoms with van der Waals surface area (Å²) in [7, 11) is 0. The van der Waals surface area contributed by atoms with Crippen molar-refractivity contribution in [3.8, 4) is 0 Å². The molecule has 0 aromatic rings. The van der Waals surface area contributed by atoms with E-state index in [0.29, 0.717) is 18.0 Å². The number of halogens is 1. The van der Waals surface area contributed by atoms with Gasteiger partial charge < -0.3 is 22.6 Å². The fraction of sp³-hybridized carbons (Fsp3) is 0.429. The largest absolute Gasteiger partial charge is 1.00 e. The van der Waals surface area contributed by atoms with Crippen molar-refractivity contribution in [1.82, 2.24) is 0 Å². The second kappa shape index (κ2) is 7.75. The van der Waals surface area contributed by atoms with Gasteiger partial charge in [0.05, 0.1) is 13.1 Å². The molecule has 0 heterocycles. The molecule has 0 fully saturated rings. The highest BCUT2D eigenvalue weighted by Gasteiger charge is 2.11. The van der Waals surface area contributed by atoms with Crippen LogP contribution in [0.2, 0.25) is 0 Å². The molecule has 3 N–H and O–H groups in total. The van der Waals surface area contributed by atoms with Gasteiger partial charge >= 0.3 is 6.41 Å². The smallest absolute Gasteiger partial charge is 0.302 e. The van der Waals surface area contributed by atoms with Crippen molar-refractivity contribution in [2.75, 3.05) is 13.1 Å². The third-order valence-electron chi connectivity index (χ3n) is 1.18. The summed E-state index contributed by atoms with van der Waals surface area (Å²) in [6.45, 7) is 8.04. The Labute approximate surface area is 73.1 Å². The molecule has 11 heavy (non-hydrogen) atoms. The fourth-order valence-electron chi connectivity index (χ4n) is 0.665. The Morgan fingerprint density at radius 1 is 1.18 bits per heavy atom. The van der Waals surface area contributed by atoms with E-state index in [9.17, 15) is 0 Å². The van der Waals surface area contributed by atoms with E-state index in [4.69, 9.17) is 10.2 Å². The molecule has 0 saturated heterocycles. The molecule has 0 bridgehead atoms. The van der Waals surface area contributed by atoms with Gasteiger partial charge in [0.1, 0.15) is 0 Å². The Morgan fingerprint density at radius 2 is 1.55 bits per heavy atom. The SMILES string of the molecule is C=CC[NH+](CC=C)C(O)O.[Cl-]. The van der Waals surface area contributed by atoms with Gasteiger partial charge in [-0.3, -0.25) is 4.90 Å². The first-order valence-corrected chi connectivity index (χ1v) is 3.15. The third-order valence-corrected chi connectivity index (χ3v) is 1.18. The van der Waals surface area contributed by atoms with E-state index in [1.807, 2.05) is 0 Å². The van der Waals surface area contributed by atoms with E-state index in [1.54, 1.807) is 12.2 Å². The van der Waals surface area contributed by atoms with Crippen LogP contribution in [0.5, 0.6) is 0 Å². The lowest BCUT2D eigenvalue weighted by Gasteiger charge is -2.16. The highest BCUT2D eigenvalue weighted by Crippen LogP contribution is 1.61. The number of nitrogens with one attached hydrogen (secondary N) is 1. The molecule has 0 aliphatic carbocycles. The lowest BCUT2D eigenvalue weighted by Crippen LogP contribution is -3.15. The van der Waals surface area contributed by atoms with Crippen LogP contribution >= 0.6 is 0 Å². The number of aliphatic hydroxyl groups excluding tert-OH is 1. The quantitative estimate of drug-likeness (QED) is 0.295. The topological polar surface area (TPSA) is 44.9 Å². The van der Waals surface area contributed by atoms with Gasteiger partial charge in [0, 0.05) is 0 Å². The van der Waals surface area contributed by atoms with Crippen LogP contribution < -0.4 is 17.3 Å². The molecule has 0 spiro atoms. The molecule has 0 unspecified atom stereocenters. The van der Waals surface area contributed by atoms with Crippen molar-refractivity contribution < 1.29 is 27.5 Å². The summed E-state index contributed by atoms with van der Waals surface area (Å²) in [5.74, 6) is 0. The van der Waals surface area contributed by atoms with Crippen molar-refractivity contribution in [3.63, 3.8) is 0 Å². The monoisotopic (exact) mass is 179 g/mol. The van der Waals surface area contributed by atoms with Crippen molar-refractivity contribution in [2.45, 2.75) is 6.41 Å². The average Bonchev–Trinajstić information content (AvgIpc) is 1.87. The van der Waals surface area contributed by atoms with Gasteiger partial charge in [-0.1, -0.05) is 13.2 Å². The fourth-order valence-corrected chi connectivity index (χ4v) is 0.665. The van der Waals surface area contributed by atoms with Crippen LogP contribution in [0.25, 0.3) is 0 Å². The van der Waals surface area contributed by atoms with Crippen LogP contribution in [0.4, 0.5) is 0 Å². The Hall–Kier alpha value is -0.350. The van der Waals surface area contributed by atoms with Crippen molar-refractivity contribution >= 4 is 0 Å². The minimum atomic E-state index is -1.34. The van der Waals surface area contributed by atoms with Crippen molar-refractivity contribution in [2.24, 2.45) is 0 Å². The number of quaternary nitrogens is 1. The van der Waals surface area contributed by atoms with Crippen molar-refractivity contribution in [1.29, 1.82) is 0 Å². The van der Waals surface area contributed by atoms with E-state index in [2.05, 4.69) is 13.2 Å². The lowest BCUT2D eigenvalue weighted by molar-refractivity contribution is -0.961. The summed E-state index contributed by atoms with van der Waals surface area (Å²) in [6, 6.07) is 0. The number of hydrogen-bond acceptors (Lipinski definition) is 2. The Kier molecular flexibility index (Phi) is 9.34. The van der Waals surface area contributed by atoms with Crippen LogP contribution in [0.15, 0.2) is 25.3 Å². The summed E-state index contributed by atoms with van der Waals surface area (Å²) in [5.41, 5.74) is 0. The molecule has 66 valence electrons. The maximum atomic E-state index is 8.70. The van der Waals surface area contributed by atoms with Crippen LogP contribution in [-0.2, 0) is 0 Å². The van der Waals surface area contributed by atoms with Crippen molar-refractivity contribution in [3.05, 3.63) is 25.3 Å². The molecule has 0 amide bonds. The zero-order chi connectivity index (χ0) is 7.98. The summed E-state index contributed by atoms with van der Waals surface area (Å²) >= 11 is 0. The van der Waals surface area contributed by atoms with Crippen LogP contribution in [-0.4, -0.2) is 29.7 Å². The molecule has 0 aliphatic rings. The van der Waals surface area contributed by atoms with E-state index in [-0.39, 0.29) is 12.4 Å². The standard InChI is InChI=1S/C7H13NO2.ClH/c1-3-5-8(6-4-2)7(9)10;/h3-4,7,9-10H,1-2,5-6H2;1H. The number of hydrogen-bond donors (Lipinski definition) is 3. The predicted octanol–water partition coefficient (Wildman–Crippen LogP) is -4.48. The minimum absolute atomic E-state index is 0. The van der Waals surface area contributed by atoms with Gasteiger partial charge in [-0.15, -0.1) is 0 Å². The van der Waals surface area contributed by atoms with Crippen LogP contribution in [0.1, 0.15) is 0 Å². The Balaban J connectivity index is 0. The van der Waals surface area contributed by atoms with Gasteiger partial charge in [0.15, 0.2) is 0 Å². The lowest BCUT2D eigenvalue weighted by atomic mass is 10.5. The number of aliphatic hydroxyl groups is 2. The minimum Gasteiger partial charge on any atom is -1.00 e. The number of rotatable bonds is 5. The predicted molar refractivity (Wildman–Crippen MR) is 39.3 cm³/mol. The molecular weight excluding hydrogens is 166 g/mol. The second-order valence-electron chi connectivity index (χ2n) is 2.02. The molecule has 0 saturated carbocycles. The highest BCUT2D eigenvalue weighted by atomic mass is 35.5. The Morgan fingerprint density at radius 3 is 1.73 bits per heavy atom. The molecule has 0 aliphatic heterocycles. The third kappa shape index (κ3) is 6.06. The van der Waals surface area contributed by atoms with Gasteiger partial charge in [0.2, 0.25) is 0 Å². The van der Waals surface area contributed by atoms with Crippen LogP contribution in [0, 0.1) is 0 Å². The Bertz CT molecular complexity index is 107. The first-order valence-electron chi connectivity index (χ1n) is 3.15. The molecular formula is C7H14ClNO2. The second-order valence-corrected chi connectivity index (χ2v) is 2.02. The maximum Gasteiger partial charge on any atom is 0.302 e. The van der Waals surface area contributed by atoms with E-state index < -0.39 is 6.41 Å². The van der Waals surface area contributed by atoms with E-state index in [1.165, 1.54) is 0 Å². The molecule has 0 radical (unpaired) electrons. The molecule has 0 aromatic heterocycles. The summed E-state index contributed by atoms with van der Waals surface area (Å²) in [6.07, 6.45) is 1.94.